The Morgan fingerprint density at radius 1 is 1.16 bits per heavy atom. The highest BCUT2D eigenvalue weighted by Gasteiger charge is 2.27. The molecule has 4 rings (SSSR count). The molecule has 0 spiro atoms. The summed E-state index contributed by atoms with van der Waals surface area (Å²) in [6, 6.07) is 5.47. The molecule has 2 amide bonds. The van der Waals surface area contributed by atoms with Crippen LogP contribution in [0.15, 0.2) is 30.4 Å². The largest absolute Gasteiger partial charge is 0.333 e. The summed E-state index contributed by atoms with van der Waals surface area (Å²) in [4.78, 5) is 33.5. The highest BCUT2D eigenvalue weighted by atomic mass is 35.5. The van der Waals surface area contributed by atoms with Crippen molar-refractivity contribution in [1.82, 2.24) is 9.97 Å². The number of carbonyl (C=O) groups excluding carboxylic acids is 2. The van der Waals surface area contributed by atoms with Crippen LogP contribution in [0.1, 0.15) is 50.8 Å². The van der Waals surface area contributed by atoms with E-state index in [1.165, 1.54) is 0 Å². The van der Waals surface area contributed by atoms with Gasteiger partial charge in [0.2, 0.25) is 11.8 Å². The Morgan fingerprint density at radius 2 is 1.91 bits per heavy atom. The Labute approximate surface area is 193 Å². The standard InChI is InChI=1S/C24H30ClN5O2/c25-23-22-21-17(27-20(31)9-4-2-1-3-8-19(29-22)30-23)6-5-7-18(21)28-24(32)16-12-10-15(14-26)11-13-16/h1-2,5-7,15-16H,3-4,8-14,26H2,(H,27,31)(H,28,32)(H,29,30). The number of imidazole rings is 1. The predicted molar refractivity (Wildman–Crippen MR) is 127 cm³/mol. The van der Waals surface area contributed by atoms with E-state index in [0.717, 1.165) is 37.9 Å². The maximum atomic E-state index is 13.1. The van der Waals surface area contributed by atoms with Gasteiger partial charge in [-0.25, -0.2) is 4.98 Å². The zero-order chi connectivity index (χ0) is 22.5. The molecule has 0 unspecified atom stereocenters. The molecule has 1 aromatic heterocycles. The number of nitrogens with two attached hydrogens (primary N) is 1. The van der Waals surface area contributed by atoms with Crippen LogP contribution in [-0.4, -0.2) is 28.3 Å². The highest BCUT2D eigenvalue weighted by molar-refractivity contribution is 6.32. The first-order valence-electron chi connectivity index (χ1n) is 11.4. The maximum Gasteiger partial charge on any atom is 0.227 e. The van der Waals surface area contributed by atoms with Crippen LogP contribution < -0.4 is 16.4 Å². The lowest BCUT2D eigenvalue weighted by molar-refractivity contribution is -0.121. The number of nitrogens with zero attached hydrogens (tertiary/aromatic N) is 1. The average molecular weight is 456 g/mol. The van der Waals surface area contributed by atoms with Crippen molar-refractivity contribution in [3.8, 4) is 11.3 Å². The molecule has 32 heavy (non-hydrogen) atoms. The van der Waals surface area contributed by atoms with Crippen molar-refractivity contribution in [2.24, 2.45) is 17.6 Å². The third-order valence-corrected chi connectivity index (χ3v) is 6.62. The van der Waals surface area contributed by atoms with Gasteiger partial charge < -0.3 is 21.4 Å². The Balaban J connectivity index is 1.66. The summed E-state index contributed by atoms with van der Waals surface area (Å²) in [5.41, 5.74) is 8.14. The molecule has 1 aliphatic heterocycles. The van der Waals surface area contributed by atoms with Gasteiger partial charge in [-0.3, -0.25) is 9.59 Å². The number of allylic oxidation sites excluding steroid dienone is 2. The van der Waals surface area contributed by atoms with Gasteiger partial charge in [0.25, 0.3) is 0 Å². The number of rotatable bonds is 3. The van der Waals surface area contributed by atoms with E-state index in [1.54, 1.807) is 0 Å². The van der Waals surface area contributed by atoms with Crippen LogP contribution in [0.25, 0.3) is 11.3 Å². The van der Waals surface area contributed by atoms with Gasteiger partial charge in [-0.1, -0.05) is 29.8 Å². The minimum absolute atomic E-state index is 0.0146. The van der Waals surface area contributed by atoms with Gasteiger partial charge in [0.15, 0.2) is 0 Å². The molecule has 0 atom stereocenters. The third-order valence-electron chi connectivity index (χ3n) is 6.35. The second-order valence-electron chi connectivity index (χ2n) is 8.61. The number of hydrogen-bond acceptors (Lipinski definition) is 4. The lowest BCUT2D eigenvalue weighted by Crippen LogP contribution is -2.29. The average Bonchev–Trinajstić information content (AvgIpc) is 3.16. The number of aromatic amines is 1. The van der Waals surface area contributed by atoms with Crippen LogP contribution in [0, 0.1) is 11.8 Å². The molecule has 2 bridgehead atoms. The smallest absolute Gasteiger partial charge is 0.227 e. The van der Waals surface area contributed by atoms with Gasteiger partial charge in [-0.15, -0.1) is 0 Å². The zero-order valence-electron chi connectivity index (χ0n) is 18.1. The molecule has 1 fully saturated rings. The molecule has 1 aromatic carbocycles. The van der Waals surface area contributed by atoms with Crippen LogP contribution in [0.5, 0.6) is 0 Å². The molecule has 2 aromatic rings. The SMILES string of the molecule is NCC1CCC(C(=O)Nc2cccc3c2-c2nc([nH]c2Cl)CCC=CCCC(=O)N3)CC1. The molecule has 7 nitrogen and oxygen atoms in total. The Kier molecular flexibility index (Phi) is 7.27. The van der Waals surface area contributed by atoms with E-state index >= 15 is 0 Å². The van der Waals surface area contributed by atoms with Crippen molar-refractivity contribution in [3.63, 3.8) is 0 Å². The summed E-state index contributed by atoms with van der Waals surface area (Å²) in [5, 5.41) is 6.46. The minimum Gasteiger partial charge on any atom is -0.333 e. The molecule has 1 saturated carbocycles. The fourth-order valence-electron chi connectivity index (χ4n) is 4.48. The minimum atomic E-state index is -0.0920. The van der Waals surface area contributed by atoms with E-state index in [2.05, 4.69) is 21.7 Å². The van der Waals surface area contributed by atoms with Crippen LogP contribution in [0.3, 0.4) is 0 Å². The molecule has 170 valence electrons. The first-order chi connectivity index (χ1) is 15.5. The van der Waals surface area contributed by atoms with Crippen molar-refractivity contribution in [2.45, 2.75) is 51.4 Å². The Morgan fingerprint density at radius 3 is 2.66 bits per heavy atom. The zero-order valence-corrected chi connectivity index (χ0v) is 18.9. The number of halogens is 1. The van der Waals surface area contributed by atoms with Gasteiger partial charge in [0.05, 0.1) is 16.9 Å². The number of carbonyl (C=O) groups is 2. The predicted octanol–water partition coefficient (Wildman–Crippen LogP) is 4.65. The van der Waals surface area contributed by atoms with E-state index < -0.39 is 0 Å². The summed E-state index contributed by atoms with van der Waals surface area (Å²) in [7, 11) is 0. The summed E-state index contributed by atoms with van der Waals surface area (Å²) in [6.45, 7) is 0.676. The number of amides is 2. The molecular formula is C24H30ClN5O2. The normalized spacial score (nSPS) is 21.5. The van der Waals surface area contributed by atoms with Crippen molar-refractivity contribution in [3.05, 3.63) is 41.3 Å². The molecular weight excluding hydrogens is 426 g/mol. The van der Waals surface area contributed by atoms with Crippen molar-refractivity contribution in [1.29, 1.82) is 0 Å². The van der Waals surface area contributed by atoms with Gasteiger partial charge in [0.1, 0.15) is 16.7 Å². The Hall–Kier alpha value is -2.64. The molecule has 1 aliphatic carbocycles. The molecule has 8 heteroatoms. The fourth-order valence-corrected chi connectivity index (χ4v) is 4.72. The highest BCUT2D eigenvalue weighted by Crippen LogP contribution is 2.39. The van der Waals surface area contributed by atoms with E-state index in [1.807, 2.05) is 24.3 Å². The topological polar surface area (TPSA) is 113 Å². The van der Waals surface area contributed by atoms with Crippen LogP contribution >= 0.6 is 11.6 Å². The molecule has 2 aliphatic rings. The van der Waals surface area contributed by atoms with Crippen LogP contribution in [-0.2, 0) is 16.0 Å². The fraction of sp³-hybridized carbons (Fsp3) is 0.458. The monoisotopic (exact) mass is 455 g/mol. The van der Waals surface area contributed by atoms with E-state index in [4.69, 9.17) is 22.3 Å². The maximum absolute atomic E-state index is 13.1. The first-order valence-corrected chi connectivity index (χ1v) is 11.8. The lowest BCUT2D eigenvalue weighted by atomic mass is 9.81. The first kappa shape index (κ1) is 22.6. The number of benzene rings is 1. The quantitative estimate of drug-likeness (QED) is 0.504. The second-order valence-corrected chi connectivity index (χ2v) is 8.99. The van der Waals surface area contributed by atoms with Gasteiger partial charge in [-0.2, -0.15) is 0 Å². The third kappa shape index (κ3) is 5.22. The number of H-pyrrole nitrogens is 1. The summed E-state index contributed by atoms with van der Waals surface area (Å²) >= 11 is 6.53. The van der Waals surface area contributed by atoms with Gasteiger partial charge in [0, 0.05) is 18.8 Å². The van der Waals surface area contributed by atoms with E-state index in [-0.39, 0.29) is 17.7 Å². The number of anilines is 2. The number of aryl methyl sites for hydroxylation is 1. The second kappa shape index (κ2) is 10.3. The lowest BCUT2D eigenvalue weighted by Gasteiger charge is -2.27. The van der Waals surface area contributed by atoms with Crippen molar-refractivity contribution in [2.75, 3.05) is 17.2 Å². The summed E-state index contributed by atoms with van der Waals surface area (Å²) in [5.74, 6) is 1.12. The van der Waals surface area contributed by atoms with Crippen LogP contribution in [0.4, 0.5) is 11.4 Å². The van der Waals surface area contributed by atoms with Gasteiger partial charge >= 0.3 is 0 Å². The molecule has 0 radical (unpaired) electrons. The number of nitrogens with one attached hydrogen (secondary N) is 3. The molecule has 2 heterocycles. The van der Waals surface area contributed by atoms with Gasteiger partial charge in [-0.05, 0) is 63.1 Å². The number of fused-ring (bicyclic) bond motifs is 4. The van der Waals surface area contributed by atoms with Crippen LogP contribution in [0.2, 0.25) is 5.15 Å². The summed E-state index contributed by atoms with van der Waals surface area (Å²) in [6.07, 6.45) is 10.3. The number of hydrogen-bond donors (Lipinski definition) is 4. The Bertz CT molecular complexity index is 1010. The van der Waals surface area contributed by atoms with E-state index in [0.29, 0.717) is 59.5 Å². The number of aromatic nitrogens is 2. The van der Waals surface area contributed by atoms with Crippen molar-refractivity contribution >= 4 is 34.8 Å². The summed E-state index contributed by atoms with van der Waals surface area (Å²) < 4.78 is 0. The molecule has 0 saturated heterocycles. The van der Waals surface area contributed by atoms with E-state index in [9.17, 15) is 9.59 Å². The molecule has 5 N–H and O–H groups in total. The van der Waals surface area contributed by atoms with Crippen molar-refractivity contribution < 1.29 is 9.59 Å².